The van der Waals surface area contributed by atoms with Crippen molar-refractivity contribution >= 4 is 0 Å². The number of aromatic hydroxyl groups is 1. The first kappa shape index (κ1) is 7.88. The van der Waals surface area contributed by atoms with Crippen LogP contribution >= 0.6 is 0 Å². The number of phenolic OH excluding ortho intramolecular Hbond substituents is 1. The normalized spacial score (nSPS) is 9.91. The van der Waals surface area contributed by atoms with Gasteiger partial charge in [-0.25, -0.2) is 0 Å². The molecule has 3 N–H and O–H groups in total. The van der Waals surface area contributed by atoms with Gasteiger partial charge in [0.2, 0.25) is 5.75 Å². The Morgan fingerprint density at radius 3 is 2.73 bits per heavy atom. The van der Waals surface area contributed by atoms with Crippen LogP contribution in [0.3, 0.4) is 0 Å². The Bertz CT molecular complexity index is 248. The van der Waals surface area contributed by atoms with E-state index in [1.165, 1.54) is 12.1 Å². The third kappa shape index (κ3) is 1.85. The largest absolute Gasteiger partial charge is 0.504 e. The highest BCUT2D eigenvalue weighted by Gasteiger charge is 2.00. The number of phenols is 1. The molecule has 1 rings (SSSR count). The molecule has 0 aliphatic rings. The summed E-state index contributed by atoms with van der Waals surface area (Å²) in [7, 11) is 0. The van der Waals surface area contributed by atoms with Crippen molar-refractivity contribution in [3.63, 3.8) is 0 Å². The monoisotopic (exact) mass is 152 g/mol. The number of benzene rings is 1. The maximum absolute atomic E-state index is 10.8. The van der Waals surface area contributed by atoms with Crippen molar-refractivity contribution in [2.24, 2.45) is 5.73 Å². The van der Waals surface area contributed by atoms with Crippen LogP contribution in [0.2, 0.25) is 0 Å². The highest BCUT2D eigenvalue weighted by molar-refractivity contribution is 5.40. The smallest absolute Gasteiger partial charge is 0.220 e. The zero-order chi connectivity index (χ0) is 8.27. The van der Waals surface area contributed by atoms with Crippen LogP contribution in [0.25, 0.3) is 0 Å². The Hall–Kier alpha value is -1.22. The van der Waals surface area contributed by atoms with Crippen molar-refractivity contribution in [1.82, 2.24) is 0 Å². The summed E-state index contributed by atoms with van der Waals surface area (Å²) in [6.07, 6.45) is 0.676. The topological polar surface area (TPSA) is 66.2 Å². The second-order valence-corrected chi connectivity index (χ2v) is 2.34. The zero-order valence-corrected chi connectivity index (χ0v) is 6.08. The van der Waals surface area contributed by atoms with E-state index in [9.17, 15) is 5.11 Å². The first-order chi connectivity index (χ1) is 5.24. The van der Waals surface area contributed by atoms with E-state index in [0.717, 1.165) is 5.56 Å². The summed E-state index contributed by atoms with van der Waals surface area (Å²) in [6.45, 7) is 0.518. The molecule has 3 nitrogen and oxygen atoms in total. The van der Waals surface area contributed by atoms with E-state index in [-0.39, 0.29) is 11.5 Å². The van der Waals surface area contributed by atoms with Gasteiger partial charge in [-0.3, -0.25) is 5.11 Å². The molecule has 0 bridgehead atoms. The zero-order valence-electron chi connectivity index (χ0n) is 6.08. The summed E-state index contributed by atoms with van der Waals surface area (Å²) in [5.74, 6) is -0.540. The maximum atomic E-state index is 10.8. The van der Waals surface area contributed by atoms with E-state index in [4.69, 9.17) is 10.8 Å². The van der Waals surface area contributed by atoms with Crippen LogP contribution in [0.4, 0.5) is 0 Å². The summed E-state index contributed by atoms with van der Waals surface area (Å²) in [4.78, 5) is 0. The van der Waals surface area contributed by atoms with Crippen molar-refractivity contribution in [2.75, 3.05) is 6.54 Å². The van der Waals surface area contributed by atoms with Crippen LogP contribution in [-0.4, -0.2) is 11.7 Å². The Labute approximate surface area is 65.1 Å². The third-order valence-electron chi connectivity index (χ3n) is 1.46. The predicted octanol–water partition coefficient (Wildman–Crippen LogP) is 1.04. The van der Waals surface area contributed by atoms with Gasteiger partial charge in [0.25, 0.3) is 0 Å². The molecule has 1 radical (unpaired) electrons. The number of rotatable bonds is 2. The molecule has 1 aromatic carbocycles. The van der Waals surface area contributed by atoms with Gasteiger partial charge in [-0.05, 0) is 30.7 Å². The van der Waals surface area contributed by atoms with Crippen molar-refractivity contribution in [3.05, 3.63) is 23.8 Å². The molecule has 1 aromatic rings. The Balaban J connectivity index is 2.86. The van der Waals surface area contributed by atoms with Crippen LogP contribution in [0.1, 0.15) is 5.56 Å². The van der Waals surface area contributed by atoms with Gasteiger partial charge in [0.15, 0.2) is 5.75 Å². The van der Waals surface area contributed by atoms with Crippen LogP contribution in [0.15, 0.2) is 18.2 Å². The first-order valence-electron chi connectivity index (χ1n) is 3.43. The molecule has 0 amide bonds. The Morgan fingerprint density at radius 1 is 1.45 bits per heavy atom. The molecule has 3 heteroatoms. The molecule has 0 fully saturated rings. The Kier molecular flexibility index (Phi) is 2.33. The summed E-state index contributed by atoms with van der Waals surface area (Å²) in [5, 5.41) is 19.7. The van der Waals surface area contributed by atoms with Crippen molar-refractivity contribution in [3.8, 4) is 11.5 Å². The molecular weight excluding hydrogens is 142 g/mol. The van der Waals surface area contributed by atoms with E-state index >= 15 is 0 Å². The molecule has 11 heavy (non-hydrogen) atoms. The first-order valence-corrected chi connectivity index (χ1v) is 3.43. The van der Waals surface area contributed by atoms with E-state index in [1.807, 2.05) is 0 Å². The van der Waals surface area contributed by atoms with Gasteiger partial charge >= 0.3 is 0 Å². The van der Waals surface area contributed by atoms with Gasteiger partial charge in [0, 0.05) is 0 Å². The molecule has 0 aromatic heterocycles. The lowest BCUT2D eigenvalue weighted by Crippen LogP contribution is -2.02. The van der Waals surface area contributed by atoms with E-state index in [2.05, 4.69) is 0 Å². The highest BCUT2D eigenvalue weighted by Crippen LogP contribution is 2.25. The van der Waals surface area contributed by atoms with Gasteiger partial charge in [-0.2, -0.15) is 0 Å². The fourth-order valence-electron chi connectivity index (χ4n) is 0.881. The quantitative estimate of drug-likeness (QED) is 0.664. The lowest BCUT2D eigenvalue weighted by Gasteiger charge is -1.98. The summed E-state index contributed by atoms with van der Waals surface area (Å²) < 4.78 is 0. The molecule has 0 saturated carbocycles. The molecule has 0 heterocycles. The van der Waals surface area contributed by atoms with Gasteiger partial charge in [-0.15, -0.1) is 0 Å². The van der Waals surface area contributed by atoms with Crippen molar-refractivity contribution in [1.29, 1.82) is 0 Å². The Morgan fingerprint density at radius 2 is 2.18 bits per heavy atom. The van der Waals surface area contributed by atoms with E-state index < -0.39 is 0 Å². The summed E-state index contributed by atoms with van der Waals surface area (Å²) in [6, 6.07) is 4.50. The fraction of sp³-hybridized carbons (Fsp3) is 0.250. The second kappa shape index (κ2) is 3.25. The molecule has 0 aliphatic carbocycles. The standard InChI is InChI=1S/C8H10NO2/c9-4-3-6-1-2-7(10)8(11)5-6/h1-2,5,10H,3-4,9H2. The second-order valence-electron chi connectivity index (χ2n) is 2.34. The average molecular weight is 152 g/mol. The van der Waals surface area contributed by atoms with Crippen molar-refractivity contribution in [2.45, 2.75) is 6.42 Å². The minimum Gasteiger partial charge on any atom is -0.504 e. The summed E-state index contributed by atoms with van der Waals surface area (Å²) in [5.41, 5.74) is 6.15. The molecule has 0 atom stereocenters. The minimum absolute atomic E-state index is 0.203. The van der Waals surface area contributed by atoms with Crippen molar-refractivity contribution < 1.29 is 10.2 Å². The molecule has 0 unspecified atom stereocenters. The molecule has 0 saturated heterocycles. The number of nitrogens with two attached hydrogens (primary N) is 1. The van der Waals surface area contributed by atoms with Crippen LogP contribution in [-0.2, 0) is 11.5 Å². The number of hydrogen-bond acceptors (Lipinski definition) is 2. The summed E-state index contributed by atoms with van der Waals surface area (Å²) >= 11 is 0. The third-order valence-corrected chi connectivity index (χ3v) is 1.46. The van der Waals surface area contributed by atoms with Gasteiger partial charge in [0.1, 0.15) is 0 Å². The predicted molar refractivity (Wildman–Crippen MR) is 41.0 cm³/mol. The van der Waals surface area contributed by atoms with Gasteiger partial charge in [0.05, 0.1) is 0 Å². The fourth-order valence-corrected chi connectivity index (χ4v) is 0.881. The van der Waals surface area contributed by atoms with Crippen LogP contribution in [0.5, 0.6) is 11.5 Å². The van der Waals surface area contributed by atoms with Crippen LogP contribution < -0.4 is 5.73 Å². The van der Waals surface area contributed by atoms with Crippen LogP contribution in [0, 0.1) is 0 Å². The highest BCUT2D eigenvalue weighted by atomic mass is 16.3. The van der Waals surface area contributed by atoms with Gasteiger partial charge in [-0.1, -0.05) is 6.07 Å². The van der Waals surface area contributed by atoms with E-state index in [0.29, 0.717) is 13.0 Å². The SMILES string of the molecule is NCCc1ccc(O)c([O])c1. The maximum Gasteiger partial charge on any atom is 0.220 e. The lowest BCUT2D eigenvalue weighted by atomic mass is 10.1. The molecule has 0 aliphatic heterocycles. The average Bonchev–Trinajstić information content (AvgIpc) is 1.98. The molecule has 59 valence electrons. The minimum atomic E-state index is -0.337. The number of hydrogen-bond donors (Lipinski definition) is 2. The molecule has 0 spiro atoms. The lowest BCUT2D eigenvalue weighted by molar-refractivity contribution is 0.324. The van der Waals surface area contributed by atoms with Gasteiger partial charge < -0.3 is 10.8 Å². The van der Waals surface area contributed by atoms with E-state index in [1.54, 1.807) is 6.07 Å². The molecular formula is C8H10NO2.